The number of nitrogens with zero attached hydrogens (tertiary/aromatic N) is 2. The van der Waals surface area contributed by atoms with Crippen LogP contribution in [-0.2, 0) is 6.42 Å². The molecule has 0 aliphatic rings. The highest BCUT2D eigenvalue weighted by molar-refractivity contribution is 5.77. The van der Waals surface area contributed by atoms with Crippen molar-refractivity contribution in [3.8, 4) is 0 Å². The van der Waals surface area contributed by atoms with Crippen molar-refractivity contribution in [2.75, 3.05) is 0 Å². The van der Waals surface area contributed by atoms with Gasteiger partial charge in [0.1, 0.15) is 5.82 Å². The Kier molecular flexibility index (Phi) is 4.34. The van der Waals surface area contributed by atoms with Gasteiger partial charge in [-0.25, -0.2) is 4.98 Å². The lowest BCUT2D eigenvalue weighted by atomic mass is 10.1. The lowest BCUT2D eigenvalue weighted by Gasteiger charge is -2.18. The molecule has 84 valence electrons. The maximum atomic E-state index is 7.35. The van der Waals surface area contributed by atoms with Gasteiger partial charge in [0, 0.05) is 31.3 Å². The zero-order valence-corrected chi connectivity index (χ0v) is 9.53. The van der Waals surface area contributed by atoms with Crippen LogP contribution in [0.1, 0.15) is 45.0 Å². The second kappa shape index (κ2) is 5.53. The van der Waals surface area contributed by atoms with Crippen molar-refractivity contribution in [2.45, 2.75) is 45.6 Å². The summed E-state index contributed by atoms with van der Waals surface area (Å²) in [6, 6.07) is 0.284. The first-order chi connectivity index (χ1) is 7.19. The minimum absolute atomic E-state index is 0.248. The van der Waals surface area contributed by atoms with Crippen LogP contribution < -0.4 is 5.73 Å². The molecule has 1 aromatic rings. The molecule has 15 heavy (non-hydrogen) atoms. The summed E-state index contributed by atoms with van der Waals surface area (Å²) < 4.78 is 2.16. The van der Waals surface area contributed by atoms with E-state index in [9.17, 15) is 0 Å². The summed E-state index contributed by atoms with van der Waals surface area (Å²) in [6.45, 7) is 4.26. The average molecular weight is 208 g/mol. The zero-order chi connectivity index (χ0) is 11.3. The maximum Gasteiger partial charge on any atom is 0.108 e. The van der Waals surface area contributed by atoms with Gasteiger partial charge in [-0.1, -0.05) is 13.8 Å². The molecular weight excluding hydrogens is 188 g/mol. The molecule has 0 aliphatic heterocycles. The van der Waals surface area contributed by atoms with E-state index in [1.54, 1.807) is 0 Å². The molecule has 0 spiro atoms. The van der Waals surface area contributed by atoms with Crippen LogP contribution in [0.25, 0.3) is 0 Å². The second-order valence-electron chi connectivity index (χ2n) is 3.79. The summed E-state index contributed by atoms with van der Waals surface area (Å²) in [6.07, 6.45) is 7.49. The van der Waals surface area contributed by atoms with E-state index in [0.717, 1.165) is 25.1 Å². The number of hydrogen-bond donors (Lipinski definition) is 2. The van der Waals surface area contributed by atoms with Crippen molar-refractivity contribution >= 4 is 5.84 Å². The summed E-state index contributed by atoms with van der Waals surface area (Å²) in [5.41, 5.74) is 5.45. The molecule has 0 bridgehead atoms. The molecule has 1 rings (SSSR count). The van der Waals surface area contributed by atoms with Crippen LogP contribution in [-0.4, -0.2) is 15.4 Å². The largest absolute Gasteiger partial charge is 0.388 e. The fourth-order valence-electron chi connectivity index (χ4n) is 1.79. The SMILES string of the molecule is CCCc1nccn1C(CC)CC(=N)N. The third-order valence-corrected chi connectivity index (χ3v) is 2.54. The van der Waals surface area contributed by atoms with Gasteiger partial charge in [0.25, 0.3) is 0 Å². The summed E-state index contributed by atoms with van der Waals surface area (Å²) >= 11 is 0. The number of aryl methyl sites for hydroxylation is 1. The number of nitrogens with one attached hydrogen (secondary N) is 1. The zero-order valence-electron chi connectivity index (χ0n) is 9.53. The van der Waals surface area contributed by atoms with Crippen LogP contribution in [0.3, 0.4) is 0 Å². The minimum atomic E-state index is 0.248. The van der Waals surface area contributed by atoms with Gasteiger partial charge in [-0.05, 0) is 12.8 Å². The first kappa shape index (κ1) is 11.8. The van der Waals surface area contributed by atoms with E-state index in [0.29, 0.717) is 6.42 Å². The van der Waals surface area contributed by atoms with E-state index >= 15 is 0 Å². The van der Waals surface area contributed by atoms with E-state index in [1.807, 2.05) is 12.4 Å². The third kappa shape index (κ3) is 3.08. The molecule has 0 amide bonds. The van der Waals surface area contributed by atoms with Gasteiger partial charge >= 0.3 is 0 Å². The number of rotatable bonds is 6. The Morgan fingerprint density at radius 2 is 2.33 bits per heavy atom. The molecule has 0 aliphatic carbocycles. The monoisotopic (exact) mass is 208 g/mol. The van der Waals surface area contributed by atoms with Gasteiger partial charge in [0.2, 0.25) is 0 Å². The Balaban J connectivity index is 2.80. The molecule has 1 heterocycles. The number of imidazole rings is 1. The Hall–Kier alpha value is -1.32. The Labute approximate surface area is 91.0 Å². The summed E-state index contributed by atoms with van der Waals surface area (Å²) in [5, 5.41) is 7.35. The average Bonchev–Trinajstić information content (AvgIpc) is 2.63. The lowest BCUT2D eigenvalue weighted by molar-refractivity contribution is 0.480. The standard InChI is InChI=1S/C11H20N4/c1-3-5-11-14-6-7-15(11)9(4-2)8-10(12)13/h6-7,9H,3-5,8H2,1-2H3,(H3,12,13). The molecule has 0 saturated heterocycles. The van der Waals surface area contributed by atoms with Gasteiger partial charge in [-0.3, -0.25) is 5.41 Å². The van der Waals surface area contributed by atoms with Crippen LogP contribution >= 0.6 is 0 Å². The van der Waals surface area contributed by atoms with Gasteiger partial charge in [0.05, 0.1) is 5.84 Å². The Morgan fingerprint density at radius 1 is 1.60 bits per heavy atom. The topological polar surface area (TPSA) is 67.7 Å². The lowest BCUT2D eigenvalue weighted by Crippen LogP contribution is -2.19. The molecule has 1 aromatic heterocycles. The number of hydrogen-bond acceptors (Lipinski definition) is 2. The van der Waals surface area contributed by atoms with Crippen LogP contribution in [0.15, 0.2) is 12.4 Å². The first-order valence-electron chi connectivity index (χ1n) is 5.53. The summed E-state index contributed by atoms with van der Waals surface area (Å²) in [7, 11) is 0. The highest BCUT2D eigenvalue weighted by Gasteiger charge is 2.13. The number of nitrogens with two attached hydrogens (primary N) is 1. The number of amidine groups is 1. The highest BCUT2D eigenvalue weighted by Crippen LogP contribution is 2.18. The molecular formula is C11H20N4. The minimum Gasteiger partial charge on any atom is -0.388 e. The molecule has 1 unspecified atom stereocenters. The van der Waals surface area contributed by atoms with Crippen molar-refractivity contribution in [3.05, 3.63) is 18.2 Å². The first-order valence-corrected chi connectivity index (χ1v) is 5.53. The Bertz CT molecular complexity index is 316. The summed E-state index contributed by atoms with van der Waals surface area (Å²) in [4.78, 5) is 4.33. The van der Waals surface area contributed by atoms with Crippen molar-refractivity contribution in [3.63, 3.8) is 0 Å². The van der Waals surface area contributed by atoms with Gasteiger partial charge in [-0.15, -0.1) is 0 Å². The molecule has 1 atom stereocenters. The molecule has 0 radical (unpaired) electrons. The molecule has 0 saturated carbocycles. The molecule has 0 aromatic carbocycles. The van der Waals surface area contributed by atoms with Crippen molar-refractivity contribution in [1.82, 2.24) is 9.55 Å². The highest BCUT2D eigenvalue weighted by atomic mass is 15.1. The predicted molar refractivity (Wildman–Crippen MR) is 62.1 cm³/mol. The van der Waals surface area contributed by atoms with E-state index in [2.05, 4.69) is 23.4 Å². The Morgan fingerprint density at radius 3 is 2.87 bits per heavy atom. The van der Waals surface area contributed by atoms with E-state index in [-0.39, 0.29) is 11.9 Å². The van der Waals surface area contributed by atoms with E-state index < -0.39 is 0 Å². The maximum absolute atomic E-state index is 7.35. The van der Waals surface area contributed by atoms with Crippen LogP contribution in [0.5, 0.6) is 0 Å². The van der Waals surface area contributed by atoms with Crippen molar-refractivity contribution in [2.24, 2.45) is 5.73 Å². The quantitative estimate of drug-likeness (QED) is 0.555. The van der Waals surface area contributed by atoms with Crippen LogP contribution in [0.4, 0.5) is 0 Å². The van der Waals surface area contributed by atoms with Crippen molar-refractivity contribution < 1.29 is 0 Å². The predicted octanol–water partition coefficient (Wildman–Crippen LogP) is 2.11. The molecule has 3 N–H and O–H groups in total. The third-order valence-electron chi connectivity index (χ3n) is 2.54. The molecule has 4 nitrogen and oxygen atoms in total. The van der Waals surface area contributed by atoms with Crippen molar-refractivity contribution in [1.29, 1.82) is 5.41 Å². The number of aromatic nitrogens is 2. The van der Waals surface area contributed by atoms with Gasteiger partial charge in [0.15, 0.2) is 0 Å². The molecule has 0 fully saturated rings. The fraction of sp³-hybridized carbons (Fsp3) is 0.636. The van der Waals surface area contributed by atoms with Gasteiger partial charge in [-0.2, -0.15) is 0 Å². The van der Waals surface area contributed by atoms with E-state index in [4.69, 9.17) is 11.1 Å². The smallest absolute Gasteiger partial charge is 0.108 e. The molecule has 4 heteroatoms. The normalized spacial score (nSPS) is 12.7. The van der Waals surface area contributed by atoms with Crippen LogP contribution in [0.2, 0.25) is 0 Å². The second-order valence-corrected chi connectivity index (χ2v) is 3.79. The van der Waals surface area contributed by atoms with Crippen LogP contribution in [0, 0.1) is 5.41 Å². The van der Waals surface area contributed by atoms with Gasteiger partial charge < -0.3 is 10.3 Å². The summed E-state index contributed by atoms with van der Waals surface area (Å²) in [5.74, 6) is 1.35. The fourth-order valence-corrected chi connectivity index (χ4v) is 1.79. The van der Waals surface area contributed by atoms with E-state index in [1.165, 1.54) is 0 Å².